The van der Waals surface area contributed by atoms with E-state index in [1.54, 1.807) is 6.07 Å². The van der Waals surface area contributed by atoms with Crippen LogP contribution in [0.5, 0.6) is 0 Å². The minimum atomic E-state index is -0.0486. The van der Waals surface area contributed by atoms with Gasteiger partial charge in [-0.15, -0.1) is 0 Å². The first-order valence-corrected chi connectivity index (χ1v) is 7.52. The number of halogens is 1. The van der Waals surface area contributed by atoms with Gasteiger partial charge in [-0.1, -0.05) is 23.7 Å². The molecule has 1 aliphatic carbocycles. The predicted octanol–water partition coefficient (Wildman–Crippen LogP) is 3.37. The first-order chi connectivity index (χ1) is 9.74. The lowest BCUT2D eigenvalue weighted by atomic mass is 10.1. The summed E-state index contributed by atoms with van der Waals surface area (Å²) >= 11 is 6.09. The van der Waals surface area contributed by atoms with Gasteiger partial charge in [0.15, 0.2) is 0 Å². The van der Waals surface area contributed by atoms with Gasteiger partial charge < -0.3 is 15.0 Å². The van der Waals surface area contributed by atoms with Crippen LogP contribution in [-0.2, 0) is 4.74 Å². The molecule has 0 spiro atoms. The Balaban J connectivity index is 1.64. The molecule has 2 aliphatic rings. The second kappa shape index (κ2) is 6.02. The lowest BCUT2D eigenvalue weighted by Gasteiger charge is -2.25. The quantitative estimate of drug-likeness (QED) is 0.925. The topological polar surface area (TPSA) is 41.6 Å². The molecular formula is C15H19ClN2O2. The largest absolute Gasteiger partial charge is 0.381 e. The van der Waals surface area contributed by atoms with Gasteiger partial charge in [0.2, 0.25) is 0 Å². The summed E-state index contributed by atoms with van der Waals surface area (Å²) in [7, 11) is 0. The van der Waals surface area contributed by atoms with Crippen LogP contribution in [0.4, 0.5) is 10.5 Å². The van der Waals surface area contributed by atoms with Gasteiger partial charge in [-0.3, -0.25) is 0 Å². The van der Waals surface area contributed by atoms with Crippen molar-refractivity contribution in [3.05, 3.63) is 29.3 Å². The number of urea groups is 1. The molecule has 2 amide bonds. The molecule has 1 aliphatic heterocycles. The summed E-state index contributed by atoms with van der Waals surface area (Å²) in [6, 6.07) is 7.67. The molecule has 1 aromatic rings. The summed E-state index contributed by atoms with van der Waals surface area (Å²) in [4.78, 5) is 14.4. The second-order valence-corrected chi connectivity index (χ2v) is 5.93. The average Bonchev–Trinajstić information content (AvgIpc) is 3.15. The molecular weight excluding hydrogens is 276 g/mol. The number of para-hydroxylation sites is 1. The van der Waals surface area contributed by atoms with Crippen molar-refractivity contribution >= 4 is 23.3 Å². The van der Waals surface area contributed by atoms with E-state index >= 15 is 0 Å². The number of hydrogen-bond donors (Lipinski definition) is 1. The van der Waals surface area contributed by atoms with E-state index in [-0.39, 0.29) is 6.03 Å². The molecule has 1 unspecified atom stereocenters. The molecule has 1 heterocycles. The fourth-order valence-corrected chi connectivity index (χ4v) is 2.72. The summed E-state index contributed by atoms with van der Waals surface area (Å²) in [6.45, 7) is 2.36. The monoisotopic (exact) mass is 294 g/mol. The molecule has 1 saturated heterocycles. The highest BCUT2D eigenvalue weighted by atomic mass is 35.5. The van der Waals surface area contributed by atoms with Gasteiger partial charge in [0.25, 0.3) is 0 Å². The Morgan fingerprint density at radius 3 is 2.80 bits per heavy atom. The SMILES string of the molecule is O=C(Nc1ccccc1Cl)N(CC1CCOC1)C1CC1. The summed E-state index contributed by atoms with van der Waals surface area (Å²) in [5.74, 6) is 0.465. The van der Waals surface area contributed by atoms with Gasteiger partial charge >= 0.3 is 6.03 Å². The average molecular weight is 295 g/mol. The maximum absolute atomic E-state index is 12.4. The zero-order valence-corrected chi connectivity index (χ0v) is 12.1. The maximum Gasteiger partial charge on any atom is 0.322 e. The Bertz CT molecular complexity index is 485. The molecule has 1 N–H and O–H groups in total. The minimum absolute atomic E-state index is 0.0486. The number of ether oxygens (including phenoxy) is 1. The molecule has 5 heteroatoms. The molecule has 1 aromatic carbocycles. The lowest BCUT2D eigenvalue weighted by Crippen LogP contribution is -2.40. The third kappa shape index (κ3) is 3.25. The first kappa shape index (κ1) is 13.7. The van der Waals surface area contributed by atoms with Crippen LogP contribution in [0.3, 0.4) is 0 Å². The number of nitrogens with one attached hydrogen (secondary N) is 1. The number of carbonyl (C=O) groups excluding carboxylic acids is 1. The van der Waals surface area contributed by atoms with Gasteiger partial charge in [0.1, 0.15) is 0 Å². The Hall–Kier alpha value is -1.26. The number of anilines is 1. The van der Waals surface area contributed by atoms with Gasteiger partial charge in [-0.25, -0.2) is 4.79 Å². The van der Waals surface area contributed by atoms with Gasteiger partial charge in [-0.05, 0) is 31.4 Å². The molecule has 2 fully saturated rings. The van der Waals surface area contributed by atoms with E-state index in [1.165, 1.54) is 0 Å². The molecule has 0 radical (unpaired) electrons. The second-order valence-electron chi connectivity index (χ2n) is 5.52. The van der Waals surface area contributed by atoms with Crippen molar-refractivity contribution in [3.63, 3.8) is 0 Å². The first-order valence-electron chi connectivity index (χ1n) is 7.14. The van der Waals surface area contributed by atoms with E-state index < -0.39 is 0 Å². The number of amides is 2. The smallest absolute Gasteiger partial charge is 0.322 e. The van der Waals surface area contributed by atoms with Crippen molar-refractivity contribution < 1.29 is 9.53 Å². The normalized spacial score (nSPS) is 21.8. The standard InChI is InChI=1S/C15H19ClN2O2/c16-13-3-1-2-4-14(13)17-15(19)18(12-5-6-12)9-11-7-8-20-10-11/h1-4,11-12H,5-10H2,(H,17,19). The number of rotatable bonds is 4. The maximum atomic E-state index is 12.4. The molecule has 4 nitrogen and oxygen atoms in total. The molecule has 3 rings (SSSR count). The third-order valence-electron chi connectivity index (χ3n) is 3.84. The van der Waals surface area contributed by atoms with E-state index in [4.69, 9.17) is 16.3 Å². The van der Waals surface area contributed by atoms with E-state index in [0.29, 0.717) is 22.7 Å². The van der Waals surface area contributed by atoms with E-state index in [9.17, 15) is 4.79 Å². The fraction of sp³-hybridized carbons (Fsp3) is 0.533. The van der Waals surface area contributed by atoms with Crippen LogP contribution in [0, 0.1) is 5.92 Å². The molecule has 0 aromatic heterocycles. The van der Waals surface area contributed by atoms with Crippen molar-refractivity contribution in [1.29, 1.82) is 0 Å². The molecule has 0 bridgehead atoms. The Kier molecular flexibility index (Phi) is 4.13. The summed E-state index contributed by atoms with van der Waals surface area (Å²) in [5.41, 5.74) is 0.674. The highest BCUT2D eigenvalue weighted by Crippen LogP contribution is 2.30. The van der Waals surface area contributed by atoms with Crippen LogP contribution < -0.4 is 5.32 Å². The Labute approximate surface area is 124 Å². The summed E-state index contributed by atoms with van der Waals surface area (Å²) in [6.07, 6.45) is 3.25. The van der Waals surface area contributed by atoms with Crippen LogP contribution in [0.2, 0.25) is 5.02 Å². The summed E-state index contributed by atoms with van der Waals surface area (Å²) < 4.78 is 5.40. The van der Waals surface area contributed by atoms with Crippen molar-refractivity contribution in [1.82, 2.24) is 4.90 Å². The van der Waals surface area contributed by atoms with Gasteiger partial charge in [0, 0.05) is 25.1 Å². The number of carbonyl (C=O) groups is 1. The third-order valence-corrected chi connectivity index (χ3v) is 4.17. The van der Waals surface area contributed by atoms with E-state index in [2.05, 4.69) is 5.32 Å². The van der Waals surface area contributed by atoms with Crippen molar-refractivity contribution in [2.24, 2.45) is 5.92 Å². The van der Waals surface area contributed by atoms with E-state index in [1.807, 2.05) is 23.1 Å². The molecule has 1 atom stereocenters. The fourth-order valence-electron chi connectivity index (χ4n) is 2.54. The molecule has 1 saturated carbocycles. The predicted molar refractivity (Wildman–Crippen MR) is 79.1 cm³/mol. The number of benzene rings is 1. The van der Waals surface area contributed by atoms with Gasteiger partial charge in [-0.2, -0.15) is 0 Å². The van der Waals surface area contributed by atoms with Crippen LogP contribution >= 0.6 is 11.6 Å². The van der Waals surface area contributed by atoms with Crippen molar-refractivity contribution in [3.8, 4) is 0 Å². The Morgan fingerprint density at radius 1 is 1.35 bits per heavy atom. The zero-order chi connectivity index (χ0) is 13.9. The molecule has 108 valence electrons. The molecule has 20 heavy (non-hydrogen) atoms. The minimum Gasteiger partial charge on any atom is -0.381 e. The Morgan fingerprint density at radius 2 is 2.15 bits per heavy atom. The van der Waals surface area contributed by atoms with Crippen LogP contribution in [0.25, 0.3) is 0 Å². The van der Waals surface area contributed by atoms with Gasteiger partial charge in [0.05, 0.1) is 17.3 Å². The highest BCUT2D eigenvalue weighted by Gasteiger charge is 2.35. The number of hydrogen-bond acceptors (Lipinski definition) is 2. The van der Waals surface area contributed by atoms with Crippen molar-refractivity contribution in [2.45, 2.75) is 25.3 Å². The van der Waals surface area contributed by atoms with Crippen LogP contribution in [-0.4, -0.2) is 36.7 Å². The van der Waals surface area contributed by atoms with E-state index in [0.717, 1.165) is 39.0 Å². The lowest BCUT2D eigenvalue weighted by molar-refractivity contribution is 0.167. The summed E-state index contributed by atoms with van der Waals surface area (Å²) in [5, 5.41) is 3.49. The van der Waals surface area contributed by atoms with Crippen LogP contribution in [0.15, 0.2) is 24.3 Å². The highest BCUT2D eigenvalue weighted by molar-refractivity contribution is 6.33. The zero-order valence-electron chi connectivity index (χ0n) is 11.3. The van der Waals surface area contributed by atoms with Crippen molar-refractivity contribution in [2.75, 3.05) is 25.1 Å². The number of nitrogens with zero attached hydrogens (tertiary/aromatic N) is 1. The van der Waals surface area contributed by atoms with Crippen LogP contribution in [0.1, 0.15) is 19.3 Å².